The Labute approximate surface area is 75.5 Å². The van der Waals surface area contributed by atoms with E-state index < -0.39 is 5.82 Å². The van der Waals surface area contributed by atoms with Gasteiger partial charge in [0.15, 0.2) is 0 Å². The van der Waals surface area contributed by atoms with Gasteiger partial charge in [-0.25, -0.2) is 4.39 Å². The van der Waals surface area contributed by atoms with Crippen molar-refractivity contribution in [2.24, 2.45) is 5.73 Å². The van der Waals surface area contributed by atoms with Crippen LogP contribution in [0.25, 0.3) is 0 Å². The van der Waals surface area contributed by atoms with Crippen LogP contribution in [0.3, 0.4) is 0 Å². The number of rotatable bonds is 0. The largest absolute Gasteiger partial charge is 0.493 e. The van der Waals surface area contributed by atoms with Crippen LogP contribution in [0.15, 0.2) is 12.1 Å². The van der Waals surface area contributed by atoms with Gasteiger partial charge in [-0.2, -0.15) is 0 Å². The summed E-state index contributed by atoms with van der Waals surface area (Å²) in [5.41, 5.74) is 12.1. The first-order valence-electron chi connectivity index (χ1n) is 4.16. The standard InChI is InChI=1S/C9H11FN2O/c10-5-1-2-7-8(9(5)12)6(11)3-4-13-7/h1-2,6H,3-4,11-12H2/t6-/m0/s1. The quantitative estimate of drug-likeness (QED) is 0.592. The molecule has 1 aliphatic rings. The first-order valence-corrected chi connectivity index (χ1v) is 4.16. The molecule has 1 heterocycles. The Hall–Kier alpha value is -1.29. The fraction of sp³-hybridized carbons (Fsp3) is 0.333. The topological polar surface area (TPSA) is 61.3 Å². The number of ether oxygens (including phenoxy) is 1. The summed E-state index contributed by atoms with van der Waals surface area (Å²) in [4.78, 5) is 0. The molecule has 1 atom stereocenters. The van der Waals surface area contributed by atoms with Crippen LogP contribution in [0.4, 0.5) is 10.1 Å². The Bertz CT molecular complexity index is 341. The van der Waals surface area contributed by atoms with Crippen LogP contribution in [0.1, 0.15) is 18.0 Å². The third-order valence-corrected chi connectivity index (χ3v) is 2.25. The number of anilines is 1. The van der Waals surface area contributed by atoms with Crippen molar-refractivity contribution in [3.05, 3.63) is 23.5 Å². The predicted octanol–water partition coefficient (Wildman–Crippen LogP) is 1.19. The Morgan fingerprint density at radius 2 is 2.23 bits per heavy atom. The maximum atomic E-state index is 13.0. The van der Waals surface area contributed by atoms with Gasteiger partial charge in [-0.1, -0.05) is 0 Å². The third kappa shape index (κ3) is 1.23. The van der Waals surface area contributed by atoms with Crippen molar-refractivity contribution in [2.45, 2.75) is 12.5 Å². The van der Waals surface area contributed by atoms with Crippen molar-refractivity contribution in [3.63, 3.8) is 0 Å². The van der Waals surface area contributed by atoms with Gasteiger partial charge in [-0.05, 0) is 12.1 Å². The fourth-order valence-electron chi connectivity index (χ4n) is 1.54. The molecule has 13 heavy (non-hydrogen) atoms. The van der Waals surface area contributed by atoms with Crippen LogP contribution in [0, 0.1) is 5.82 Å². The maximum Gasteiger partial charge on any atom is 0.146 e. The Morgan fingerprint density at radius 1 is 1.46 bits per heavy atom. The molecule has 2 rings (SSSR count). The maximum absolute atomic E-state index is 13.0. The van der Waals surface area contributed by atoms with E-state index in [2.05, 4.69) is 0 Å². The van der Waals surface area contributed by atoms with E-state index in [0.29, 0.717) is 24.3 Å². The van der Waals surface area contributed by atoms with Crippen molar-refractivity contribution in [3.8, 4) is 5.75 Å². The van der Waals surface area contributed by atoms with Gasteiger partial charge in [0, 0.05) is 18.0 Å². The molecule has 0 unspecified atom stereocenters. The summed E-state index contributed by atoms with van der Waals surface area (Å²) < 4.78 is 18.3. The molecule has 0 saturated heterocycles. The van der Waals surface area contributed by atoms with E-state index in [9.17, 15) is 4.39 Å². The van der Waals surface area contributed by atoms with E-state index in [1.54, 1.807) is 6.07 Å². The highest BCUT2D eigenvalue weighted by atomic mass is 19.1. The zero-order valence-electron chi connectivity index (χ0n) is 7.09. The SMILES string of the molecule is Nc1c(F)ccc2c1[C@@H](N)CCO2. The van der Waals surface area contributed by atoms with Gasteiger partial charge in [-0.15, -0.1) is 0 Å². The van der Waals surface area contributed by atoms with Crippen LogP contribution in [-0.2, 0) is 0 Å². The zero-order valence-corrected chi connectivity index (χ0v) is 7.09. The molecule has 0 aromatic heterocycles. The minimum Gasteiger partial charge on any atom is -0.493 e. The number of fused-ring (bicyclic) bond motifs is 1. The molecule has 1 aromatic carbocycles. The van der Waals surface area contributed by atoms with E-state index >= 15 is 0 Å². The van der Waals surface area contributed by atoms with Gasteiger partial charge in [-0.3, -0.25) is 0 Å². The number of benzene rings is 1. The van der Waals surface area contributed by atoms with Crippen molar-refractivity contribution < 1.29 is 9.13 Å². The lowest BCUT2D eigenvalue weighted by Crippen LogP contribution is -2.22. The smallest absolute Gasteiger partial charge is 0.146 e. The molecule has 0 spiro atoms. The summed E-state index contributed by atoms with van der Waals surface area (Å²) in [6.45, 7) is 0.569. The minimum atomic E-state index is -0.431. The second-order valence-electron chi connectivity index (χ2n) is 3.12. The highest BCUT2D eigenvalue weighted by Gasteiger charge is 2.22. The average molecular weight is 182 g/mol. The molecular formula is C9H11FN2O. The van der Waals surface area contributed by atoms with Crippen LogP contribution in [0.2, 0.25) is 0 Å². The van der Waals surface area contributed by atoms with Gasteiger partial charge in [0.2, 0.25) is 0 Å². The Kier molecular flexibility index (Phi) is 1.84. The molecule has 3 nitrogen and oxygen atoms in total. The van der Waals surface area contributed by atoms with Gasteiger partial charge >= 0.3 is 0 Å². The second-order valence-corrected chi connectivity index (χ2v) is 3.12. The van der Waals surface area contributed by atoms with Gasteiger partial charge in [0.05, 0.1) is 12.3 Å². The number of halogens is 1. The lowest BCUT2D eigenvalue weighted by Gasteiger charge is -2.24. The van der Waals surface area contributed by atoms with Gasteiger partial charge in [0.25, 0.3) is 0 Å². The van der Waals surface area contributed by atoms with Crippen LogP contribution >= 0.6 is 0 Å². The molecule has 0 radical (unpaired) electrons. The van der Waals surface area contributed by atoms with E-state index in [1.165, 1.54) is 6.07 Å². The van der Waals surface area contributed by atoms with Crippen molar-refractivity contribution >= 4 is 5.69 Å². The number of hydrogen-bond acceptors (Lipinski definition) is 3. The molecule has 4 N–H and O–H groups in total. The van der Waals surface area contributed by atoms with E-state index in [0.717, 1.165) is 0 Å². The van der Waals surface area contributed by atoms with Gasteiger partial charge in [0.1, 0.15) is 11.6 Å². The number of hydrogen-bond donors (Lipinski definition) is 2. The first-order chi connectivity index (χ1) is 6.20. The zero-order chi connectivity index (χ0) is 9.42. The fourth-order valence-corrected chi connectivity index (χ4v) is 1.54. The van der Waals surface area contributed by atoms with Crippen LogP contribution < -0.4 is 16.2 Å². The molecule has 0 aliphatic carbocycles. The summed E-state index contributed by atoms with van der Waals surface area (Å²) >= 11 is 0. The lowest BCUT2D eigenvalue weighted by atomic mass is 9.99. The summed E-state index contributed by atoms with van der Waals surface area (Å²) in [5.74, 6) is 0.178. The van der Waals surface area contributed by atoms with E-state index in [-0.39, 0.29) is 11.7 Å². The molecule has 0 saturated carbocycles. The second kappa shape index (κ2) is 2.88. The van der Waals surface area contributed by atoms with E-state index in [1.807, 2.05) is 0 Å². The molecule has 1 aliphatic heterocycles. The lowest BCUT2D eigenvalue weighted by molar-refractivity contribution is 0.269. The highest BCUT2D eigenvalue weighted by molar-refractivity contribution is 5.57. The normalized spacial score (nSPS) is 20.6. The first kappa shape index (κ1) is 8.31. The van der Waals surface area contributed by atoms with Crippen molar-refractivity contribution in [1.82, 2.24) is 0 Å². The molecule has 0 amide bonds. The summed E-state index contributed by atoms with van der Waals surface area (Å²) in [6, 6.07) is 2.66. The predicted molar refractivity (Wildman–Crippen MR) is 47.9 cm³/mol. The average Bonchev–Trinajstić information content (AvgIpc) is 2.12. The third-order valence-electron chi connectivity index (χ3n) is 2.25. The summed E-state index contributed by atoms with van der Waals surface area (Å²) in [5, 5.41) is 0. The molecule has 4 heteroatoms. The Morgan fingerprint density at radius 3 is 3.00 bits per heavy atom. The molecule has 0 bridgehead atoms. The minimum absolute atomic E-state index is 0.115. The number of nitrogen functional groups attached to an aromatic ring is 1. The van der Waals surface area contributed by atoms with Gasteiger partial charge < -0.3 is 16.2 Å². The van der Waals surface area contributed by atoms with Crippen molar-refractivity contribution in [1.29, 1.82) is 0 Å². The molecule has 70 valence electrons. The van der Waals surface area contributed by atoms with Crippen molar-refractivity contribution in [2.75, 3.05) is 12.3 Å². The molecule has 0 fully saturated rings. The Balaban J connectivity index is 2.58. The van der Waals surface area contributed by atoms with Crippen LogP contribution in [0.5, 0.6) is 5.75 Å². The monoisotopic (exact) mass is 182 g/mol. The van der Waals surface area contributed by atoms with E-state index in [4.69, 9.17) is 16.2 Å². The van der Waals surface area contributed by atoms with Crippen LogP contribution in [-0.4, -0.2) is 6.61 Å². The molecular weight excluding hydrogens is 171 g/mol. The molecule has 1 aromatic rings. The summed E-state index contributed by atoms with van der Waals surface area (Å²) in [6.07, 6.45) is 0.681. The number of nitrogens with two attached hydrogens (primary N) is 2. The summed E-state index contributed by atoms with van der Waals surface area (Å²) in [7, 11) is 0. The highest BCUT2D eigenvalue weighted by Crippen LogP contribution is 2.35.